The van der Waals surface area contributed by atoms with Crippen molar-refractivity contribution in [2.75, 3.05) is 13.7 Å². The van der Waals surface area contributed by atoms with Crippen LogP contribution in [0.4, 0.5) is 0 Å². The van der Waals surface area contributed by atoms with Crippen molar-refractivity contribution in [3.05, 3.63) is 35.2 Å². The first-order valence-electron chi connectivity index (χ1n) is 5.64. The van der Waals surface area contributed by atoms with Gasteiger partial charge in [0.1, 0.15) is 5.75 Å². The molecule has 0 saturated carbocycles. The average Bonchev–Trinajstić information content (AvgIpc) is 2.85. The second-order valence-electron chi connectivity index (χ2n) is 3.69. The van der Waals surface area contributed by atoms with Gasteiger partial charge in [0.05, 0.1) is 12.8 Å². The summed E-state index contributed by atoms with van der Waals surface area (Å²) in [5, 5.41) is 3.30. The Hall–Kier alpha value is -1.39. The van der Waals surface area contributed by atoms with Gasteiger partial charge in [-0.1, -0.05) is 6.92 Å². The van der Waals surface area contributed by atoms with Crippen molar-refractivity contribution in [1.82, 2.24) is 9.69 Å². The Bertz CT molecular complexity index is 465. The average molecular weight is 248 g/mol. The molecule has 0 amide bonds. The fourth-order valence-corrected chi connectivity index (χ4v) is 2.25. The molecule has 0 saturated heterocycles. The molecule has 0 fully saturated rings. The van der Waals surface area contributed by atoms with Gasteiger partial charge in [-0.2, -0.15) is 4.37 Å². The smallest absolute Gasteiger partial charge is 0.118 e. The zero-order chi connectivity index (χ0) is 12.1. The van der Waals surface area contributed by atoms with Gasteiger partial charge in [-0.3, -0.25) is 0 Å². The van der Waals surface area contributed by atoms with Crippen molar-refractivity contribution in [3.8, 4) is 17.0 Å². The van der Waals surface area contributed by atoms with Crippen LogP contribution in [-0.2, 0) is 6.54 Å². The Morgan fingerprint density at radius 2 is 2.06 bits per heavy atom. The van der Waals surface area contributed by atoms with Gasteiger partial charge in [0.25, 0.3) is 0 Å². The van der Waals surface area contributed by atoms with Crippen LogP contribution in [0.25, 0.3) is 11.3 Å². The third-order valence-corrected chi connectivity index (χ3v) is 3.28. The molecule has 0 unspecified atom stereocenters. The lowest BCUT2D eigenvalue weighted by Gasteiger charge is -2.00. The van der Waals surface area contributed by atoms with Gasteiger partial charge in [-0.15, -0.1) is 0 Å². The molecule has 2 rings (SSSR count). The second-order valence-corrected chi connectivity index (χ2v) is 4.58. The Kier molecular flexibility index (Phi) is 4.12. The third kappa shape index (κ3) is 3.05. The molecule has 1 aromatic carbocycles. The van der Waals surface area contributed by atoms with E-state index in [4.69, 9.17) is 4.74 Å². The summed E-state index contributed by atoms with van der Waals surface area (Å²) in [6.07, 6.45) is 0. The third-order valence-electron chi connectivity index (χ3n) is 2.49. The van der Waals surface area contributed by atoms with Crippen LogP contribution in [0.5, 0.6) is 5.75 Å². The zero-order valence-electron chi connectivity index (χ0n) is 10.1. The van der Waals surface area contributed by atoms with E-state index in [1.54, 1.807) is 18.6 Å². The van der Waals surface area contributed by atoms with Gasteiger partial charge in [-0.05, 0) is 48.4 Å². The number of benzene rings is 1. The molecular formula is C13H16N2OS. The molecule has 0 bridgehead atoms. The maximum absolute atomic E-state index is 5.14. The van der Waals surface area contributed by atoms with Crippen molar-refractivity contribution in [1.29, 1.82) is 0 Å². The first-order valence-corrected chi connectivity index (χ1v) is 6.41. The summed E-state index contributed by atoms with van der Waals surface area (Å²) in [5.74, 6) is 0.872. The highest BCUT2D eigenvalue weighted by molar-refractivity contribution is 7.06. The van der Waals surface area contributed by atoms with Crippen LogP contribution in [0.15, 0.2) is 30.3 Å². The summed E-state index contributed by atoms with van der Waals surface area (Å²) >= 11 is 1.55. The molecule has 0 aliphatic carbocycles. The van der Waals surface area contributed by atoms with Crippen LogP contribution in [0.2, 0.25) is 0 Å². The maximum Gasteiger partial charge on any atom is 0.118 e. The first kappa shape index (κ1) is 12.1. The number of hydrogen-bond acceptors (Lipinski definition) is 4. The molecule has 0 aliphatic rings. The number of nitrogens with one attached hydrogen (secondary N) is 1. The lowest BCUT2D eigenvalue weighted by molar-refractivity contribution is 0.415. The fraction of sp³-hybridized carbons (Fsp3) is 0.308. The van der Waals surface area contributed by atoms with Crippen LogP contribution in [0.3, 0.4) is 0 Å². The molecule has 1 heterocycles. The fourth-order valence-electron chi connectivity index (χ4n) is 1.54. The summed E-state index contributed by atoms with van der Waals surface area (Å²) in [6, 6.07) is 10.1. The summed E-state index contributed by atoms with van der Waals surface area (Å²) in [7, 11) is 1.67. The highest BCUT2D eigenvalue weighted by Crippen LogP contribution is 2.24. The standard InChI is InChI=1S/C13H16N2OS/c1-3-14-9-12-8-13(15-17-12)10-4-6-11(16-2)7-5-10/h4-8,14H,3,9H2,1-2H3. The Labute approximate surface area is 106 Å². The van der Waals surface area contributed by atoms with E-state index in [1.165, 1.54) is 4.88 Å². The maximum atomic E-state index is 5.14. The Morgan fingerprint density at radius 1 is 1.29 bits per heavy atom. The Morgan fingerprint density at radius 3 is 2.71 bits per heavy atom. The molecule has 0 aliphatic heterocycles. The van der Waals surface area contributed by atoms with E-state index < -0.39 is 0 Å². The van der Waals surface area contributed by atoms with Gasteiger partial charge < -0.3 is 10.1 Å². The van der Waals surface area contributed by atoms with Crippen LogP contribution in [0, 0.1) is 0 Å². The summed E-state index contributed by atoms with van der Waals surface area (Å²) in [6.45, 7) is 3.98. The van der Waals surface area contributed by atoms with E-state index in [0.29, 0.717) is 0 Å². The number of methoxy groups -OCH3 is 1. The molecule has 1 aromatic heterocycles. The monoisotopic (exact) mass is 248 g/mol. The summed E-state index contributed by atoms with van der Waals surface area (Å²) < 4.78 is 9.59. The van der Waals surface area contributed by atoms with Crippen LogP contribution < -0.4 is 10.1 Å². The minimum atomic E-state index is 0.872. The molecule has 90 valence electrons. The Balaban J connectivity index is 2.12. The number of aromatic nitrogens is 1. The molecule has 17 heavy (non-hydrogen) atoms. The van der Waals surface area contributed by atoms with Gasteiger partial charge in [0.15, 0.2) is 0 Å². The molecule has 0 radical (unpaired) electrons. The van der Waals surface area contributed by atoms with Crippen molar-refractivity contribution >= 4 is 11.5 Å². The highest BCUT2D eigenvalue weighted by Gasteiger charge is 2.04. The molecule has 0 atom stereocenters. The normalized spacial score (nSPS) is 10.5. The number of nitrogens with zero attached hydrogens (tertiary/aromatic N) is 1. The first-order chi connectivity index (χ1) is 8.33. The van der Waals surface area contributed by atoms with Crippen LogP contribution in [-0.4, -0.2) is 18.0 Å². The van der Waals surface area contributed by atoms with Crippen molar-refractivity contribution in [3.63, 3.8) is 0 Å². The lowest BCUT2D eigenvalue weighted by Crippen LogP contribution is -2.10. The van der Waals surface area contributed by atoms with E-state index in [-0.39, 0.29) is 0 Å². The highest BCUT2D eigenvalue weighted by atomic mass is 32.1. The predicted octanol–water partition coefficient (Wildman–Crippen LogP) is 2.93. The number of ether oxygens (including phenoxy) is 1. The van der Waals surface area contributed by atoms with Gasteiger partial charge in [-0.25, -0.2) is 0 Å². The SMILES string of the molecule is CCNCc1cc(-c2ccc(OC)cc2)ns1. The van der Waals surface area contributed by atoms with Crippen LogP contribution >= 0.6 is 11.5 Å². The topological polar surface area (TPSA) is 34.1 Å². The van der Waals surface area contributed by atoms with E-state index in [0.717, 1.165) is 30.1 Å². The minimum absolute atomic E-state index is 0.872. The van der Waals surface area contributed by atoms with Gasteiger partial charge in [0, 0.05) is 17.0 Å². The molecule has 3 nitrogen and oxygen atoms in total. The summed E-state index contributed by atoms with van der Waals surface area (Å²) in [4.78, 5) is 1.26. The van der Waals surface area contributed by atoms with Crippen molar-refractivity contribution in [2.45, 2.75) is 13.5 Å². The minimum Gasteiger partial charge on any atom is -0.497 e. The molecule has 4 heteroatoms. The molecule has 0 spiro atoms. The largest absolute Gasteiger partial charge is 0.497 e. The quantitative estimate of drug-likeness (QED) is 0.883. The molecule has 2 aromatic rings. The lowest BCUT2D eigenvalue weighted by atomic mass is 10.1. The molecule has 1 N–H and O–H groups in total. The van der Waals surface area contributed by atoms with Crippen molar-refractivity contribution in [2.24, 2.45) is 0 Å². The summed E-state index contributed by atoms with van der Waals surface area (Å²) in [5.41, 5.74) is 2.16. The van der Waals surface area contributed by atoms with Crippen LogP contribution in [0.1, 0.15) is 11.8 Å². The van der Waals surface area contributed by atoms with E-state index in [9.17, 15) is 0 Å². The second kappa shape index (κ2) is 5.80. The zero-order valence-corrected chi connectivity index (χ0v) is 10.9. The number of hydrogen-bond donors (Lipinski definition) is 1. The van der Waals surface area contributed by atoms with E-state index in [2.05, 4.69) is 22.7 Å². The van der Waals surface area contributed by atoms with Gasteiger partial charge in [0.2, 0.25) is 0 Å². The van der Waals surface area contributed by atoms with E-state index in [1.807, 2.05) is 24.3 Å². The number of rotatable bonds is 5. The van der Waals surface area contributed by atoms with Crippen molar-refractivity contribution < 1.29 is 4.74 Å². The van der Waals surface area contributed by atoms with Gasteiger partial charge >= 0.3 is 0 Å². The predicted molar refractivity (Wildman–Crippen MR) is 71.5 cm³/mol. The van der Waals surface area contributed by atoms with E-state index >= 15 is 0 Å². The molecular weight excluding hydrogens is 232 g/mol.